The van der Waals surface area contributed by atoms with Gasteiger partial charge in [0.1, 0.15) is 11.6 Å². The Morgan fingerprint density at radius 2 is 1.66 bits per heavy atom. The number of rotatable bonds is 7. The zero-order valence-corrected chi connectivity index (χ0v) is 19.7. The van der Waals surface area contributed by atoms with Crippen molar-refractivity contribution in [3.05, 3.63) is 29.8 Å². The molecule has 0 spiro atoms. The van der Waals surface area contributed by atoms with E-state index >= 15 is 0 Å². The Kier molecular flexibility index (Phi) is 6.46. The van der Waals surface area contributed by atoms with Crippen molar-refractivity contribution in [1.29, 1.82) is 0 Å². The highest BCUT2D eigenvalue weighted by Crippen LogP contribution is 2.35. The maximum absolute atomic E-state index is 5.09. The standard InChI is InChI=1S/C25H37N7/c1-29(2)24-22-10-17-32(16-5-15-30-13-3-4-14-30)25(22)28-23(27-24)20-6-8-21(9-7-20)31-18-11-26-12-19-31/h6-9,26H,3-5,10-19H2,1-2H3. The van der Waals surface area contributed by atoms with Gasteiger partial charge in [0, 0.05) is 70.2 Å². The molecule has 4 heterocycles. The van der Waals surface area contributed by atoms with Crippen LogP contribution in [0.4, 0.5) is 17.3 Å². The summed E-state index contributed by atoms with van der Waals surface area (Å²) in [6, 6.07) is 8.82. The topological polar surface area (TPSA) is 50.8 Å². The van der Waals surface area contributed by atoms with Crippen molar-refractivity contribution in [2.75, 3.05) is 87.7 Å². The van der Waals surface area contributed by atoms with Crippen LogP contribution in [0.2, 0.25) is 0 Å². The fraction of sp³-hybridized carbons (Fsp3) is 0.600. The van der Waals surface area contributed by atoms with Crippen LogP contribution in [0.25, 0.3) is 11.4 Å². The van der Waals surface area contributed by atoms with E-state index in [9.17, 15) is 0 Å². The van der Waals surface area contributed by atoms with E-state index in [0.717, 1.165) is 68.7 Å². The van der Waals surface area contributed by atoms with Crippen LogP contribution >= 0.6 is 0 Å². The van der Waals surface area contributed by atoms with Gasteiger partial charge in [-0.15, -0.1) is 0 Å². The third-order valence-corrected chi connectivity index (χ3v) is 7.03. The minimum atomic E-state index is 0.839. The highest BCUT2D eigenvalue weighted by molar-refractivity contribution is 5.70. The molecule has 5 rings (SSSR count). The van der Waals surface area contributed by atoms with Crippen LogP contribution in [-0.4, -0.2) is 87.9 Å². The molecule has 7 heteroatoms. The summed E-state index contributed by atoms with van der Waals surface area (Å²) < 4.78 is 0. The summed E-state index contributed by atoms with van der Waals surface area (Å²) in [4.78, 5) is 19.8. The normalized spacial score (nSPS) is 18.9. The van der Waals surface area contributed by atoms with Crippen molar-refractivity contribution in [3.63, 3.8) is 0 Å². The molecule has 1 N–H and O–H groups in total. The van der Waals surface area contributed by atoms with Crippen LogP contribution in [0.5, 0.6) is 0 Å². The molecule has 172 valence electrons. The average Bonchev–Trinajstić information content (AvgIpc) is 3.49. The van der Waals surface area contributed by atoms with Crippen molar-refractivity contribution >= 4 is 17.3 Å². The zero-order chi connectivity index (χ0) is 21.9. The van der Waals surface area contributed by atoms with Gasteiger partial charge in [0.25, 0.3) is 0 Å². The number of nitrogens with one attached hydrogen (secondary N) is 1. The minimum absolute atomic E-state index is 0.839. The Bertz CT molecular complexity index is 899. The fourth-order valence-electron chi connectivity index (χ4n) is 5.25. The molecule has 0 radical (unpaired) electrons. The minimum Gasteiger partial charge on any atom is -0.369 e. The Morgan fingerprint density at radius 1 is 0.906 bits per heavy atom. The molecule has 0 aliphatic carbocycles. The molecule has 3 aliphatic rings. The zero-order valence-electron chi connectivity index (χ0n) is 19.7. The van der Waals surface area contributed by atoms with Gasteiger partial charge in [0.05, 0.1) is 0 Å². The molecule has 2 saturated heterocycles. The van der Waals surface area contributed by atoms with Gasteiger partial charge in [0.2, 0.25) is 0 Å². The predicted octanol–water partition coefficient (Wildman–Crippen LogP) is 2.47. The maximum Gasteiger partial charge on any atom is 0.163 e. The average molecular weight is 436 g/mol. The molecule has 2 fully saturated rings. The SMILES string of the molecule is CN(C)c1nc(-c2ccc(N3CCNCC3)cc2)nc2c1CCN2CCCN1CCCC1. The molecule has 1 aromatic heterocycles. The lowest BCUT2D eigenvalue weighted by atomic mass is 10.1. The summed E-state index contributed by atoms with van der Waals surface area (Å²) >= 11 is 0. The van der Waals surface area contributed by atoms with Gasteiger partial charge in [-0.25, -0.2) is 9.97 Å². The van der Waals surface area contributed by atoms with Crippen LogP contribution in [0, 0.1) is 0 Å². The van der Waals surface area contributed by atoms with Crippen LogP contribution in [0.3, 0.4) is 0 Å². The highest BCUT2D eigenvalue weighted by Gasteiger charge is 2.27. The number of aromatic nitrogens is 2. The van der Waals surface area contributed by atoms with E-state index < -0.39 is 0 Å². The number of hydrogen-bond donors (Lipinski definition) is 1. The van der Waals surface area contributed by atoms with Gasteiger partial charge in [-0.3, -0.25) is 0 Å². The lowest BCUT2D eigenvalue weighted by Crippen LogP contribution is -2.43. The molecule has 1 aromatic carbocycles. The molecular weight excluding hydrogens is 398 g/mol. The van der Waals surface area contributed by atoms with E-state index in [1.807, 2.05) is 0 Å². The second kappa shape index (κ2) is 9.63. The first-order chi connectivity index (χ1) is 15.7. The Morgan fingerprint density at radius 3 is 2.38 bits per heavy atom. The second-order valence-electron chi connectivity index (χ2n) is 9.49. The third-order valence-electron chi connectivity index (χ3n) is 7.03. The molecule has 3 aliphatic heterocycles. The summed E-state index contributed by atoms with van der Waals surface area (Å²) in [6.07, 6.45) is 4.97. The van der Waals surface area contributed by atoms with Gasteiger partial charge in [-0.05, 0) is 69.6 Å². The van der Waals surface area contributed by atoms with Crippen molar-refractivity contribution < 1.29 is 0 Å². The molecule has 32 heavy (non-hydrogen) atoms. The monoisotopic (exact) mass is 435 g/mol. The third kappa shape index (κ3) is 4.55. The van der Waals surface area contributed by atoms with E-state index in [-0.39, 0.29) is 0 Å². The lowest BCUT2D eigenvalue weighted by Gasteiger charge is -2.29. The van der Waals surface area contributed by atoms with Gasteiger partial charge in [-0.1, -0.05) is 0 Å². The van der Waals surface area contributed by atoms with Crippen molar-refractivity contribution in [2.45, 2.75) is 25.7 Å². The smallest absolute Gasteiger partial charge is 0.163 e. The largest absolute Gasteiger partial charge is 0.369 e. The summed E-state index contributed by atoms with van der Waals surface area (Å²) in [6.45, 7) is 10.1. The molecule has 7 nitrogen and oxygen atoms in total. The predicted molar refractivity (Wildman–Crippen MR) is 133 cm³/mol. The number of likely N-dealkylation sites (tertiary alicyclic amines) is 1. The Hall–Kier alpha value is -2.38. The molecule has 0 saturated carbocycles. The van der Waals surface area contributed by atoms with Gasteiger partial charge in [-0.2, -0.15) is 0 Å². The van der Waals surface area contributed by atoms with Crippen LogP contribution in [0.1, 0.15) is 24.8 Å². The van der Waals surface area contributed by atoms with E-state index in [2.05, 4.69) is 63.3 Å². The first-order valence-corrected chi connectivity index (χ1v) is 12.3. The van der Waals surface area contributed by atoms with Gasteiger partial charge < -0.3 is 24.9 Å². The molecule has 0 unspecified atom stereocenters. The number of benzene rings is 1. The van der Waals surface area contributed by atoms with Crippen LogP contribution < -0.4 is 20.0 Å². The van der Waals surface area contributed by atoms with Crippen molar-refractivity contribution in [3.8, 4) is 11.4 Å². The number of nitrogens with zero attached hydrogens (tertiary/aromatic N) is 6. The number of anilines is 3. The van der Waals surface area contributed by atoms with Gasteiger partial charge >= 0.3 is 0 Å². The first-order valence-electron chi connectivity index (χ1n) is 12.3. The summed E-state index contributed by atoms with van der Waals surface area (Å²) in [7, 11) is 4.19. The second-order valence-corrected chi connectivity index (χ2v) is 9.49. The van der Waals surface area contributed by atoms with E-state index in [0.29, 0.717) is 0 Å². The van der Waals surface area contributed by atoms with Crippen molar-refractivity contribution in [1.82, 2.24) is 20.2 Å². The summed E-state index contributed by atoms with van der Waals surface area (Å²) in [5.74, 6) is 3.05. The Balaban J connectivity index is 1.35. The van der Waals surface area contributed by atoms with E-state index in [1.165, 1.54) is 50.1 Å². The van der Waals surface area contributed by atoms with Crippen LogP contribution in [0.15, 0.2) is 24.3 Å². The quantitative estimate of drug-likeness (QED) is 0.717. The molecular formula is C25H37N7. The molecule has 0 bridgehead atoms. The van der Waals surface area contributed by atoms with Gasteiger partial charge in [0.15, 0.2) is 5.82 Å². The molecule has 0 atom stereocenters. The Labute approximate surface area is 192 Å². The first kappa shape index (κ1) is 21.5. The highest BCUT2D eigenvalue weighted by atomic mass is 15.3. The summed E-state index contributed by atoms with van der Waals surface area (Å²) in [5, 5.41) is 3.42. The van der Waals surface area contributed by atoms with Crippen LogP contribution in [-0.2, 0) is 6.42 Å². The molecule has 0 amide bonds. The summed E-state index contributed by atoms with van der Waals surface area (Å²) in [5.41, 5.74) is 3.68. The number of piperazine rings is 1. The van der Waals surface area contributed by atoms with Crippen molar-refractivity contribution in [2.24, 2.45) is 0 Å². The number of hydrogen-bond acceptors (Lipinski definition) is 7. The van der Waals surface area contributed by atoms with E-state index in [4.69, 9.17) is 9.97 Å². The fourth-order valence-corrected chi connectivity index (χ4v) is 5.25. The number of fused-ring (bicyclic) bond motifs is 1. The lowest BCUT2D eigenvalue weighted by molar-refractivity contribution is 0.335. The van der Waals surface area contributed by atoms with E-state index in [1.54, 1.807) is 0 Å². The molecule has 2 aromatic rings. The maximum atomic E-state index is 5.09.